The summed E-state index contributed by atoms with van der Waals surface area (Å²) in [6.07, 6.45) is -0.0531. The van der Waals surface area contributed by atoms with E-state index < -0.39 is 62.4 Å². The van der Waals surface area contributed by atoms with E-state index in [-0.39, 0.29) is 24.7 Å². The third-order valence-corrected chi connectivity index (χ3v) is 5.97. The van der Waals surface area contributed by atoms with Crippen LogP contribution in [0, 0.1) is 11.8 Å². The average Bonchev–Trinajstić information content (AvgIpc) is 3.20. The number of Topliss-reactive ketones (excluding diaryl/α,β-unsaturated/α-hetero) is 1. The van der Waals surface area contributed by atoms with Gasteiger partial charge >= 0.3 is 7.82 Å². The summed E-state index contributed by atoms with van der Waals surface area (Å²) in [4.78, 5) is 80.3. The summed E-state index contributed by atoms with van der Waals surface area (Å²) in [5, 5.41) is 10.2. The normalized spacial score (nSPS) is 17.0. The van der Waals surface area contributed by atoms with Crippen molar-refractivity contribution in [3.8, 4) is 0 Å². The number of para-hydroxylation sites is 1. The lowest BCUT2D eigenvalue weighted by atomic mass is 9.95. The van der Waals surface area contributed by atoms with Crippen molar-refractivity contribution < 1.29 is 42.8 Å². The monoisotopic (exact) mass is 540 g/mol. The first-order valence-corrected chi connectivity index (χ1v) is 13.3. The number of benzene rings is 1. The molecule has 0 saturated carbocycles. The summed E-state index contributed by atoms with van der Waals surface area (Å²) in [5.74, 6) is -3.82. The van der Waals surface area contributed by atoms with Crippen LogP contribution in [0.25, 0.3) is 0 Å². The molecule has 13 nitrogen and oxygen atoms in total. The topological polar surface area (TPSA) is 200 Å². The molecular weight excluding hydrogens is 507 g/mol. The second kappa shape index (κ2) is 14.0. The number of hydrogen-bond acceptors (Lipinski definition) is 7. The van der Waals surface area contributed by atoms with Crippen LogP contribution in [0.5, 0.6) is 0 Å². The zero-order chi connectivity index (χ0) is 27.6. The van der Waals surface area contributed by atoms with Gasteiger partial charge in [0.2, 0.25) is 23.6 Å². The molecule has 0 aromatic heterocycles. The van der Waals surface area contributed by atoms with Crippen molar-refractivity contribution in [3.05, 3.63) is 30.3 Å². The van der Waals surface area contributed by atoms with E-state index in [1.807, 2.05) is 13.8 Å². The van der Waals surface area contributed by atoms with E-state index >= 15 is 0 Å². The molecule has 0 radical (unpaired) electrons. The van der Waals surface area contributed by atoms with Gasteiger partial charge in [-0.15, -0.1) is 0 Å². The largest absolute Gasteiger partial charge is 0.470 e. The number of phosphoric acid groups is 1. The van der Waals surface area contributed by atoms with Crippen molar-refractivity contribution in [3.63, 3.8) is 0 Å². The molecule has 3 atom stereocenters. The summed E-state index contributed by atoms with van der Waals surface area (Å²) < 4.78 is 15.3. The van der Waals surface area contributed by atoms with E-state index in [2.05, 4.69) is 25.8 Å². The molecular formula is C23H33N4O9P. The van der Waals surface area contributed by atoms with E-state index in [9.17, 15) is 28.5 Å². The minimum Gasteiger partial charge on any atom is -0.356 e. The third-order valence-electron chi connectivity index (χ3n) is 5.50. The Kier molecular flexibility index (Phi) is 11.4. The SMILES string of the molecule is CC(C)CC(NC(=O)CC(=O)Nc1ccccc1)C(=O)NC(C[C@@H]1CCNC1=O)C(=O)COP(=O)(O)O. The summed E-state index contributed by atoms with van der Waals surface area (Å²) in [6.45, 7) is 3.04. The zero-order valence-corrected chi connectivity index (χ0v) is 21.5. The summed E-state index contributed by atoms with van der Waals surface area (Å²) >= 11 is 0. The molecule has 2 unspecified atom stereocenters. The van der Waals surface area contributed by atoms with Gasteiger partial charge in [0.15, 0.2) is 5.78 Å². The van der Waals surface area contributed by atoms with Crippen molar-refractivity contribution in [2.24, 2.45) is 11.8 Å². The highest BCUT2D eigenvalue weighted by Crippen LogP contribution is 2.35. The van der Waals surface area contributed by atoms with Crippen molar-refractivity contribution in [1.82, 2.24) is 16.0 Å². The van der Waals surface area contributed by atoms with Gasteiger partial charge < -0.3 is 31.1 Å². The molecule has 1 fully saturated rings. The molecule has 4 amide bonds. The number of rotatable bonds is 14. The fourth-order valence-corrected chi connectivity index (χ4v) is 4.06. The zero-order valence-electron chi connectivity index (χ0n) is 20.6. The molecule has 1 aromatic rings. The van der Waals surface area contributed by atoms with Gasteiger partial charge in [-0.1, -0.05) is 32.0 Å². The van der Waals surface area contributed by atoms with Crippen LogP contribution in [-0.2, 0) is 33.1 Å². The van der Waals surface area contributed by atoms with Gasteiger partial charge in [-0.2, -0.15) is 0 Å². The first-order chi connectivity index (χ1) is 17.3. The number of carbonyl (C=O) groups is 5. The summed E-state index contributed by atoms with van der Waals surface area (Å²) in [6, 6.07) is 6.12. The molecule has 14 heteroatoms. The van der Waals surface area contributed by atoms with Crippen LogP contribution in [0.4, 0.5) is 5.69 Å². The molecule has 204 valence electrons. The molecule has 1 aliphatic rings. The molecule has 0 bridgehead atoms. The minimum atomic E-state index is -4.94. The van der Waals surface area contributed by atoms with Crippen molar-refractivity contribution >= 4 is 42.9 Å². The predicted molar refractivity (Wildman–Crippen MR) is 132 cm³/mol. The number of hydrogen-bond donors (Lipinski definition) is 6. The minimum absolute atomic E-state index is 0.0538. The molecule has 1 aliphatic heterocycles. The van der Waals surface area contributed by atoms with Crippen LogP contribution in [0.2, 0.25) is 0 Å². The van der Waals surface area contributed by atoms with Crippen LogP contribution >= 0.6 is 7.82 Å². The van der Waals surface area contributed by atoms with Gasteiger partial charge in [-0.05, 0) is 37.3 Å². The molecule has 0 spiro atoms. The van der Waals surface area contributed by atoms with Crippen LogP contribution in [-0.4, -0.2) is 64.4 Å². The summed E-state index contributed by atoms with van der Waals surface area (Å²) in [5.41, 5.74) is 0.506. The van der Waals surface area contributed by atoms with Gasteiger partial charge in [-0.3, -0.25) is 28.5 Å². The van der Waals surface area contributed by atoms with E-state index in [1.54, 1.807) is 30.3 Å². The molecule has 1 saturated heterocycles. The fraction of sp³-hybridized carbons (Fsp3) is 0.522. The van der Waals surface area contributed by atoms with Crippen LogP contribution < -0.4 is 21.3 Å². The number of carbonyl (C=O) groups excluding carboxylic acids is 5. The first-order valence-electron chi connectivity index (χ1n) is 11.8. The van der Waals surface area contributed by atoms with Gasteiger partial charge in [0.1, 0.15) is 19.1 Å². The Labute approximate surface area is 214 Å². The smallest absolute Gasteiger partial charge is 0.356 e. The Morgan fingerprint density at radius 3 is 2.32 bits per heavy atom. The lowest BCUT2D eigenvalue weighted by molar-refractivity contribution is -0.134. The maximum atomic E-state index is 13.1. The maximum Gasteiger partial charge on any atom is 0.470 e. The molecule has 1 heterocycles. The van der Waals surface area contributed by atoms with E-state index in [0.717, 1.165) is 0 Å². The molecule has 37 heavy (non-hydrogen) atoms. The second-order valence-electron chi connectivity index (χ2n) is 9.14. The molecule has 2 rings (SSSR count). The van der Waals surface area contributed by atoms with Crippen LogP contribution in [0.15, 0.2) is 30.3 Å². The standard InChI is InChI=1S/C23H33N4O9P/c1-14(2)10-18(26-21(30)12-20(29)25-16-6-4-3-5-7-16)23(32)27-17(11-15-8-9-24-22(15)31)19(28)13-36-37(33,34)35/h3-7,14-15,17-18H,8-13H2,1-2H3,(H,24,31)(H,25,29)(H,26,30)(H,27,32)(H2,33,34,35)/t15-,17?,18?/m0/s1. The number of amides is 4. The van der Waals surface area contributed by atoms with Gasteiger partial charge in [0.25, 0.3) is 0 Å². The Morgan fingerprint density at radius 2 is 1.76 bits per heavy atom. The van der Waals surface area contributed by atoms with Crippen molar-refractivity contribution in [1.29, 1.82) is 0 Å². The van der Waals surface area contributed by atoms with Crippen LogP contribution in [0.1, 0.15) is 39.5 Å². The van der Waals surface area contributed by atoms with Crippen LogP contribution in [0.3, 0.4) is 0 Å². The van der Waals surface area contributed by atoms with Gasteiger partial charge in [-0.25, -0.2) is 4.57 Å². The second-order valence-corrected chi connectivity index (χ2v) is 10.4. The third kappa shape index (κ3) is 11.2. The fourth-order valence-electron chi connectivity index (χ4n) is 3.77. The Bertz CT molecular complexity index is 1030. The highest BCUT2D eigenvalue weighted by molar-refractivity contribution is 7.46. The van der Waals surface area contributed by atoms with E-state index in [0.29, 0.717) is 18.7 Å². The van der Waals surface area contributed by atoms with Crippen molar-refractivity contribution in [2.75, 3.05) is 18.5 Å². The Balaban J connectivity index is 2.07. The Morgan fingerprint density at radius 1 is 1.08 bits per heavy atom. The number of anilines is 1. The maximum absolute atomic E-state index is 13.1. The average molecular weight is 541 g/mol. The van der Waals surface area contributed by atoms with Gasteiger partial charge in [0, 0.05) is 18.2 Å². The Hall–Kier alpha value is -3.12. The molecule has 0 aliphatic carbocycles. The van der Waals surface area contributed by atoms with Crippen molar-refractivity contribution in [2.45, 2.75) is 51.6 Å². The number of phosphoric ester groups is 1. The number of nitrogens with one attached hydrogen (secondary N) is 4. The highest BCUT2D eigenvalue weighted by Gasteiger charge is 2.34. The predicted octanol–water partition coefficient (Wildman–Crippen LogP) is 0.236. The quantitative estimate of drug-likeness (QED) is 0.141. The number of ketones is 1. The molecule has 6 N–H and O–H groups in total. The van der Waals surface area contributed by atoms with E-state index in [1.165, 1.54) is 0 Å². The lowest BCUT2D eigenvalue weighted by Crippen LogP contribution is -2.53. The highest BCUT2D eigenvalue weighted by atomic mass is 31.2. The van der Waals surface area contributed by atoms with Gasteiger partial charge in [0.05, 0.1) is 6.04 Å². The van der Waals surface area contributed by atoms with E-state index in [4.69, 9.17) is 9.79 Å². The summed E-state index contributed by atoms with van der Waals surface area (Å²) in [7, 11) is -4.94. The first kappa shape index (κ1) is 30.1. The lowest BCUT2D eigenvalue weighted by Gasteiger charge is -2.25. The molecule has 1 aromatic carbocycles.